The van der Waals surface area contributed by atoms with Gasteiger partial charge in [0, 0.05) is 18.3 Å². The van der Waals surface area contributed by atoms with Crippen LogP contribution in [0.15, 0.2) is 36.7 Å². The molecule has 1 unspecified atom stereocenters. The first-order valence-corrected chi connectivity index (χ1v) is 7.77. The van der Waals surface area contributed by atoms with Gasteiger partial charge >= 0.3 is 5.97 Å². The van der Waals surface area contributed by atoms with Crippen LogP contribution in [0.25, 0.3) is 0 Å². The molecule has 0 spiro atoms. The number of hydrogen-bond acceptors (Lipinski definition) is 4. The van der Waals surface area contributed by atoms with E-state index in [1.165, 1.54) is 30.9 Å². The molecule has 0 fully saturated rings. The van der Waals surface area contributed by atoms with E-state index in [-0.39, 0.29) is 18.2 Å². The number of carboxylic acid groups (broad SMARTS) is 1. The minimum absolute atomic E-state index is 0.0532. The number of rotatable bonds is 4. The van der Waals surface area contributed by atoms with Crippen molar-refractivity contribution in [2.45, 2.75) is 31.7 Å². The molecule has 3 rings (SSSR count). The number of carboxylic acids is 1. The molecular weight excluding hydrogens is 324 g/mol. The lowest BCUT2D eigenvalue weighted by Crippen LogP contribution is -2.36. The zero-order chi connectivity index (χ0) is 18.2. The molecule has 0 saturated carbocycles. The Hall–Kier alpha value is -3.16. The van der Waals surface area contributed by atoms with Gasteiger partial charge in [-0.2, -0.15) is 5.10 Å². The number of aromatic nitrogens is 2. The van der Waals surface area contributed by atoms with Gasteiger partial charge in [-0.1, -0.05) is 18.2 Å². The Balaban J connectivity index is 1.81. The molecule has 1 aliphatic rings. The molecule has 8 nitrogen and oxygen atoms in total. The number of nitrogens with zero attached hydrogens (tertiary/aromatic N) is 2. The zero-order valence-corrected chi connectivity index (χ0v) is 13.8. The topological polar surface area (TPSA) is 113 Å². The normalized spacial score (nSPS) is 16.7. The summed E-state index contributed by atoms with van der Waals surface area (Å²) in [6.07, 6.45) is 2.90. The Morgan fingerprint density at radius 3 is 2.80 bits per heavy atom. The predicted molar refractivity (Wildman–Crippen MR) is 90.2 cm³/mol. The number of nitrogens with one attached hydrogen (secondary N) is 2. The largest absolute Gasteiger partial charge is 0.479 e. The molecule has 0 bridgehead atoms. The maximum atomic E-state index is 12.6. The van der Waals surface area contributed by atoms with Crippen LogP contribution >= 0.6 is 0 Å². The van der Waals surface area contributed by atoms with Crippen LogP contribution in [-0.4, -0.2) is 32.7 Å². The SMILES string of the molecule is CC(C)(C(=O)O)n1cc(NC(=O)C2CC(=O)Nc3ccccc32)cn1. The monoisotopic (exact) mass is 342 g/mol. The highest BCUT2D eigenvalue weighted by atomic mass is 16.4. The van der Waals surface area contributed by atoms with Crippen LogP contribution in [0.5, 0.6) is 0 Å². The molecule has 25 heavy (non-hydrogen) atoms. The third kappa shape index (κ3) is 3.10. The van der Waals surface area contributed by atoms with Gasteiger partial charge in [-0.15, -0.1) is 0 Å². The van der Waals surface area contributed by atoms with E-state index in [4.69, 9.17) is 0 Å². The molecule has 3 N–H and O–H groups in total. The van der Waals surface area contributed by atoms with E-state index in [9.17, 15) is 19.5 Å². The Kier molecular flexibility index (Phi) is 4.03. The van der Waals surface area contributed by atoms with E-state index in [2.05, 4.69) is 15.7 Å². The van der Waals surface area contributed by atoms with E-state index in [0.717, 1.165) is 5.56 Å². The van der Waals surface area contributed by atoms with Crippen LogP contribution in [-0.2, 0) is 19.9 Å². The molecule has 130 valence electrons. The van der Waals surface area contributed by atoms with Gasteiger partial charge in [-0.05, 0) is 25.5 Å². The Bertz CT molecular complexity index is 856. The quantitative estimate of drug-likeness (QED) is 0.783. The second-order valence-electron chi connectivity index (χ2n) is 6.42. The van der Waals surface area contributed by atoms with Crippen molar-refractivity contribution in [1.29, 1.82) is 0 Å². The fourth-order valence-electron chi connectivity index (χ4n) is 2.67. The van der Waals surface area contributed by atoms with Crippen LogP contribution in [0, 0.1) is 0 Å². The third-order valence-corrected chi connectivity index (χ3v) is 4.26. The zero-order valence-electron chi connectivity index (χ0n) is 13.8. The number of anilines is 2. The van der Waals surface area contributed by atoms with Gasteiger partial charge in [0.2, 0.25) is 11.8 Å². The van der Waals surface area contributed by atoms with Crippen molar-refractivity contribution in [3.63, 3.8) is 0 Å². The van der Waals surface area contributed by atoms with Crippen LogP contribution in [0.1, 0.15) is 31.7 Å². The first-order valence-electron chi connectivity index (χ1n) is 7.77. The van der Waals surface area contributed by atoms with Crippen LogP contribution in [0.3, 0.4) is 0 Å². The molecule has 1 atom stereocenters. The van der Waals surface area contributed by atoms with Crippen molar-refractivity contribution in [2.75, 3.05) is 10.6 Å². The van der Waals surface area contributed by atoms with Crippen molar-refractivity contribution in [2.24, 2.45) is 0 Å². The molecule has 0 aliphatic carbocycles. The van der Waals surface area contributed by atoms with Crippen LogP contribution in [0.2, 0.25) is 0 Å². The lowest BCUT2D eigenvalue weighted by atomic mass is 9.90. The third-order valence-electron chi connectivity index (χ3n) is 4.26. The van der Waals surface area contributed by atoms with Gasteiger partial charge in [-0.25, -0.2) is 4.79 Å². The number of fused-ring (bicyclic) bond motifs is 1. The Morgan fingerprint density at radius 2 is 2.08 bits per heavy atom. The van der Waals surface area contributed by atoms with Gasteiger partial charge in [0.05, 0.1) is 17.8 Å². The van der Waals surface area contributed by atoms with E-state index >= 15 is 0 Å². The number of carbonyl (C=O) groups is 3. The molecule has 0 radical (unpaired) electrons. The molecule has 1 aromatic heterocycles. The van der Waals surface area contributed by atoms with Crippen LogP contribution < -0.4 is 10.6 Å². The highest BCUT2D eigenvalue weighted by molar-refractivity contribution is 6.05. The number of benzene rings is 1. The first-order chi connectivity index (χ1) is 11.8. The highest BCUT2D eigenvalue weighted by Gasteiger charge is 2.32. The first kappa shape index (κ1) is 16.7. The Labute approximate surface area is 143 Å². The van der Waals surface area contributed by atoms with Crippen molar-refractivity contribution in [3.05, 3.63) is 42.2 Å². The van der Waals surface area contributed by atoms with Gasteiger partial charge in [-0.3, -0.25) is 14.3 Å². The summed E-state index contributed by atoms with van der Waals surface area (Å²) in [6.45, 7) is 3.02. The lowest BCUT2D eigenvalue weighted by molar-refractivity contribution is -0.146. The average molecular weight is 342 g/mol. The molecule has 0 saturated heterocycles. The number of para-hydroxylation sites is 1. The van der Waals surface area contributed by atoms with Gasteiger partial charge in [0.15, 0.2) is 5.54 Å². The maximum absolute atomic E-state index is 12.6. The van der Waals surface area contributed by atoms with Crippen molar-refractivity contribution >= 4 is 29.2 Å². The fraction of sp³-hybridized carbons (Fsp3) is 0.294. The summed E-state index contributed by atoms with van der Waals surface area (Å²) >= 11 is 0. The minimum atomic E-state index is -1.24. The summed E-state index contributed by atoms with van der Waals surface area (Å²) in [7, 11) is 0. The summed E-state index contributed by atoms with van der Waals surface area (Å²) in [5, 5.41) is 18.7. The van der Waals surface area contributed by atoms with Crippen molar-refractivity contribution in [1.82, 2.24) is 9.78 Å². The standard InChI is InChI=1S/C17H18N4O4/c1-17(2,16(24)25)21-9-10(8-18-21)19-15(23)12-7-14(22)20-13-6-4-3-5-11(12)13/h3-6,8-9,12H,7H2,1-2H3,(H,19,23)(H,20,22)(H,24,25). The lowest BCUT2D eigenvalue weighted by Gasteiger charge is -2.24. The molecule has 2 aromatic rings. The summed E-state index contributed by atoms with van der Waals surface area (Å²) in [4.78, 5) is 35.7. The van der Waals surface area contributed by atoms with Gasteiger partial charge < -0.3 is 15.7 Å². The van der Waals surface area contributed by atoms with E-state index in [1.807, 2.05) is 6.07 Å². The number of carbonyl (C=O) groups excluding carboxylic acids is 2. The Morgan fingerprint density at radius 1 is 1.36 bits per heavy atom. The fourth-order valence-corrected chi connectivity index (χ4v) is 2.67. The van der Waals surface area contributed by atoms with Crippen LogP contribution in [0.4, 0.5) is 11.4 Å². The van der Waals surface area contributed by atoms with Gasteiger partial charge in [0.1, 0.15) is 0 Å². The maximum Gasteiger partial charge on any atom is 0.331 e. The molecule has 8 heteroatoms. The predicted octanol–water partition coefficient (Wildman–Crippen LogP) is 1.77. The molecule has 2 amide bonds. The van der Waals surface area contributed by atoms with E-state index in [0.29, 0.717) is 11.4 Å². The second-order valence-corrected chi connectivity index (χ2v) is 6.42. The number of amides is 2. The minimum Gasteiger partial charge on any atom is -0.479 e. The average Bonchev–Trinajstić information content (AvgIpc) is 3.03. The number of hydrogen-bond donors (Lipinski definition) is 3. The molecule has 1 aliphatic heterocycles. The second kappa shape index (κ2) is 6.04. The summed E-state index contributed by atoms with van der Waals surface area (Å²) in [5.41, 5.74) is 0.516. The molecule has 1 aromatic carbocycles. The summed E-state index contributed by atoms with van der Waals surface area (Å²) in [5.74, 6) is -2.20. The van der Waals surface area contributed by atoms with E-state index in [1.54, 1.807) is 18.2 Å². The van der Waals surface area contributed by atoms with Gasteiger partial charge in [0.25, 0.3) is 0 Å². The molecule has 2 heterocycles. The summed E-state index contributed by atoms with van der Waals surface area (Å²) in [6, 6.07) is 7.15. The van der Waals surface area contributed by atoms with E-state index < -0.39 is 17.4 Å². The number of aliphatic carboxylic acids is 1. The van der Waals surface area contributed by atoms with Crippen molar-refractivity contribution < 1.29 is 19.5 Å². The van der Waals surface area contributed by atoms with Crippen molar-refractivity contribution in [3.8, 4) is 0 Å². The summed E-state index contributed by atoms with van der Waals surface area (Å²) < 4.78 is 1.27. The highest BCUT2D eigenvalue weighted by Crippen LogP contribution is 2.32. The smallest absolute Gasteiger partial charge is 0.331 e. The molecular formula is C17H18N4O4.